The fraction of sp³-hybridized carbons (Fsp3) is 0.118. The van der Waals surface area contributed by atoms with Crippen molar-refractivity contribution in [1.29, 1.82) is 0 Å². The highest BCUT2D eigenvalue weighted by Gasteiger charge is 2.07. The molecule has 0 amide bonds. The molecule has 0 aliphatic rings. The van der Waals surface area contributed by atoms with Gasteiger partial charge in [0, 0.05) is 23.6 Å². The van der Waals surface area contributed by atoms with Crippen molar-refractivity contribution in [2.24, 2.45) is 0 Å². The lowest BCUT2D eigenvalue weighted by Gasteiger charge is -2.07. The zero-order chi connectivity index (χ0) is 16.2. The van der Waals surface area contributed by atoms with Crippen molar-refractivity contribution in [2.45, 2.75) is 6.92 Å². The van der Waals surface area contributed by atoms with Gasteiger partial charge in [0.05, 0.1) is 12.7 Å². The maximum Gasteiger partial charge on any atom is 0.337 e. The zero-order valence-electron chi connectivity index (χ0n) is 12.7. The van der Waals surface area contributed by atoms with E-state index in [0.29, 0.717) is 11.5 Å². The van der Waals surface area contributed by atoms with E-state index in [1.165, 1.54) is 12.7 Å². The molecular formula is C17H15N3O2S. The molecule has 1 aromatic carbocycles. The number of benzene rings is 1. The van der Waals surface area contributed by atoms with E-state index >= 15 is 0 Å². The molecule has 0 bridgehead atoms. The second-order valence-electron chi connectivity index (χ2n) is 4.96. The van der Waals surface area contributed by atoms with Crippen molar-refractivity contribution in [3.05, 3.63) is 58.5 Å². The predicted octanol–water partition coefficient (Wildman–Crippen LogP) is 4.04. The second-order valence-corrected chi connectivity index (χ2v) is 5.70. The number of esters is 1. The van der Waals surface area contributed by atoms with Crippen molar-refractivity contribution < 1.29 is 9.53 Å². The molecular weight excluding hydrogens is 310 g/mol. The number of rotatable bonds is 4. The van der Waals surface area contributed by atoms with Crippen LogP contribution in [0.5, 0.6) is 0 Å². The molecule has 2 heterocycles. The lowest BCUT2D eigenvalue weighted by molar-refractivity contribution is 0.0601. The van der Waals surface area contributed by atoms with Gasteiger partial charge in [0.1, 0.15) is 0 Å². The molecule has 0 atom stereocenters. The Morgan fingerprint density at radius 2 is 2.00 bits per heavy atom. The van der Waals surface area contributed by atoms with E-state index in [1.807, 2.05) is 6.07 Å². The molecule has 5 nitrogen and oxygen atoms in total. The van der Waals surface area contributed by atoms with Gasteiger partial charge in [0.25, 0.3) is 0 Å². The van der Waals surface area contributed by atoms with Gasteiger partial charge in [-0.2, -0.15) is 11.3 Å². The Morgan fingerprint density at radius 3 is 2.65 bits per heavy atom. The number of ether oxygens (including phenoxy) is 1. The maximum absolute atomic E-state index is 11.5. The molecule has 0 spiro atoms. The maximum atomic E-state index is 11.5. The highest BCUT2D eigenvalue weighted by Crippen LogP contribution is 2.26. The van der Waals surface area contributed by atoms with Gasteiger partial charge in [-0.25, -0.2) is 14.8 Å². The Kier molecular flexibility index (Phi) is 4.34. The largest absolute Gasteiger partial charge is 0.465 e. The van der Waals surface area contributed by atoms with E-state index < -0.39 is 0 Å². The summed E-state index contributed by atoms with van der Waals surface area (Å²) in [5.74, 6) is 0.0986. The minimum Gasteiger partial charge on any atom is -0.465 e. The third-order valence-corrected chi connectivity index (χ3v) is 4.22. The normalized spacial score (nSPS) is 10.3. The summed E-state index contributed by atoms with van der Waals surface area (Å²) in [5, 5.41) is 7.26. The second kappa shape index (κ2) is 6.58. The fourth-order valence-electron chi connectivity index (χ4n) is 2.16. The van der Waals surface area contributed by atoms with Crippen LogP contribution in [0.4, 0.5) is 11.6 Å². The standard InChI is InChI=1S/C17H15N3O2S/c1-11-9-23-10-15(11)13-7-18-17(19-8-13)20-14-5-3-4-12(6-14)16(21)22-2/h3-10H,1-2H3,(H,18,19,20). The van der Waals surface area contributed by atoms with E-state index in [9.17, 15) is 4.79 Å². The van der Waals surface area contributed by atoms with Crippen molar-refractivity contribution in [3.8, 4) is 11.1 Å². The number of aryl methyl sites for hydroxylation is 1. The fourth-order valence-corrected chi connectivity index (χ4v) is 3.02. The first-order chi connectivity index (χ1) is 11.2. The number of methoxy groups -OCH3 is 1. The lowest BCUT2D eigenvalue weighted by Crippen LogP contribution is -2.02. The van der Waals surface area contributed by atoms with E-state index in [4.69, 9.17) is 4.74 Å². The van der Waals surface area contributed by atoms with E-state index in [-0.39, 0.29) is 5.97 Å². The van der Waals surface area contributed by atoms with Gasteiger partial charge in [-0.3, -0.25) is 0 Å². The Labute approximate surface area is 138 Å². The number of carbonyl (C=O) groups excluding carboxylic acids is 1. The molecule has 6 heteroatoms. The highest BCUT2D eigenvalue weighted by molar-refractivity contribution is 7.08. The zero-order valence-corrected chi connectivity index (χ0v) is 13.6. The number of nitrogens with zero attached hydrogens (tertiary/aromatic N) is 2. The molecule has 0 radical (unpaired) electrons. The first-order valence-corrected chi connectivity index (χ1v) is 7.92. The molecule has 0 saturated carbocycles. The summed E-state index contributed by atoms with van der Waals surface area (Å²) in [4.78, 5) is 20.2. The summed E-state index contributed by atoms with van der Waals surface area (Å²) in [6.45, 7) is 2.07. The van der Waals surface area contributed by atoms with Crippen LogP contribution < -0.4 is 5.32 Å². The number of thiophene rings is 1. The lowest BCUT2D eigenvalue weighted by atomic mass is 10.1. The van der Waals surface area contributed by atoms with Gasteiger partial charge >= 0.3 is 5.97 Å². The average molecular weight is 325 g/mol. The Bertz CT molecular complexity index is 828. The Hall–Kier alpha value is -2.73. The van der Waals surface area contributed by atoms with Crippen LogP contribution in [-0.2, 0) is 4.74 Å². The van der Waals surface area contributed by atoms with Gasteiger partial charge in [0.2, 0.25) is 5.95 Å². The monoisotopic (exact) mass is 325 g/mol. The van der Waals surface area contributed by atoms with Gasteiger partial charge in [-0.15, -0.1) is 0 Å². The first kappa shape index (κ1) is 15.2. The van der Waals surface area contributed by atoms with Crippen molar-refractivity contribution in [3.63, 3.8) is 0 Å². The molecule has 0 unspecified atom stereocenters. The molecule has 1 N–H and O–H groups in total. The molecule has 2 aromatic heterocycles. The number of hydrogen-bond donors (Lipinski definition) is 1. The van der Waals surface area contributed by atoms with Gasteiger partial charge in [0.15, 0.2) is 0 Å². The molecule has 0 saturated heterocycles. The van der Waals surface area contributed by atoms with E-state index in [2.05, 4.69) is 33.0 Å². The van der Waals surface area contributed by atoms with Crippen LogP contribution in [0.2, 0.25) is 0 Å². The number of hydrogen-bond acceptors (Lipinski definition) is 6. The molecule has 23 heavy (non-hydrogen) atoms. The summed E-state index contributed by atoms with van der Waals surface area (Å²) < 4.78 is 4.71. The quantitative estimate of drug-likeness (QED) is 0.733. The number of nitrogens with one attached hydrogen (secondary N) is 1. The van der Waals surface area contributed by atoms with Crippen LogP contribution in [0.3, 0.4) is 0 Å². The SMILES string of the molecule is COC(=O)c1cccc(Nc2ncc(-c3cscc3C)cn2)c1. The van der Waals surface area contributed by atoms with Crippen LogP contribution in [0.25, 0.3) is 11.1 Å². The third-order valence-electron chi connectivity index (χ3n) is 3.36. The number of aromatic nitrogens is 2. The summed E-state index contributed by atoms with van der Waals surface area (Å²) in [5.41, 5.74) is 4.55. The number of anilines is 2. The molecule has 0 aliphatic carbocycles. The topological polar surface area (TPSA) is 64.1 Å². The van der Waals surface area contributed by atoms with Crippen LogP contribution in [0.1, 0.15) is 15.9 Å². The molecule has 116 valence electrons. The van der Waals surface area contributed by atoms with E-state index in [0.717, 1.165) is 16.8 Å². The van der Waals surface area contributed by atoms with Crippen LogP contribution in [0.15, 0.2) is 47.4 Å². The third kappa shape index (κ3) is 3.37. The molecule has 3 aromatic rings. The highest BCUT2D eigenvalue weighted by atomic mass is 32.1. The van der Waals surface area contributed by atoms with Gasteiger partial charge in [-0.05, 0) is 47.0 Å². The summed E-state index contributed by atoms with van der Waals surface area (Å²) in [6.07, 6.45) is 3.57. The Morgan fingerprint density at radius 1 is 1.22 bits per heavy atom. The van der Waals surface area contributed by atoms with Crippen LogP contribution in [-0.4, -0.2) is 23.0 Å². The van der Waals surface area contributed by atoms with Gasteiger partial charge < -0.3 is 10.1 Å². The first-order valence-electron chi connectivity index (χ1n) is 6.98. The van der Waals surface area contributed by atoms with Crippen molar-refractivity contribution in [2.75, 3.05) is 12.4 Å². The van der Waals surface area contributed by atoms with Gasteiger partial charge in [-0.1, -0.05) is 6.07 Å². The van der Waals surface area contributed by atoms with Crippen molar-refractivity contribution >= 4 is 28.9 Å². The summed E-state index contributed by atoms with van der Waals surface area (Å²) in [7, 11) is 1.36. The number of carbonyl (C=O) groups is 1. The average Bonchev–Trinajstić information content (AvgIpc) is 3.01. The minimum atomic E-state index is -0.377. The molecule has 0 aliphatic heterocycles. The van der Waals surface area contributed by atoms with Crippen LogP contribution >= 0.6 is 11.3 Å². The summed E-state index contributed by atoms with van der Waals surface area (Å²) >= 11 is 1.66. The smallest absolute Gasteiger partial charge is 0.337 e. The molecule has 0 fully saturated rings. The summed E-state index contributed by atoms with van der Waals surface area (Å²) in [6, 6.07) is 7.01. The van der Waals surface area contributed by atoms with Crippen LogP contribution in [0, 0.1) is 6.92 Å². The predicted molar refractivity (Wildman–Crippen MR) is 91.1 cm³/mol. The van der Waals surface area contributed by atoms with Crippen molar-refractivity contribution in [1.82, 2.24) is 9.97 Å². The Balaban J connectivity index is 1.79. The minimum absolute atomic E-state index is 0.377. The molecule has 3 rings (SSSR count). The van der Waals surface area contributed by atoms with E-state index in [1.54, 1.807) is 41.9 Å².